The van der Waals surface area contributed by atoms with E-state index in [0.717, 1.165) is 5.69 Å². The number of para-hydroxylation sites is 1. The van der Waals surface area contributed by atoms with Crippen molar-refractivity contribution in [3.8, 4) is 5.69 Å². The molecule has 16 heavy (non-hydrogen) atoms. The molecule has 3 N–H and O–H groups in total. The van der Waals surface area contributed by atoms with E-state index in [1.54, 1.807) is 19.3 Å². The maximum Gasteiger partial charge on any atom is 0.280 e. The van der Waals surface area contributed by atoms with E-state index in [4.69, 9.17) is 5.73 Å². The Morgan fingerprint density at radius 1 is 1.19 bits per heavy atom. The quantitative estimate of drug-likeness (QED) is 0.797. The third-order valence-electron chi connectivity index (χ3n) is 2.43. The van der Waals surface area contributed by atoms with Gasteiger partial charge in [0.1, 0.15) is 5.69 Å². The smallest absolute Gasteiger partial charge is 0.280 e. The summed E-state index contributed by atoms with van der Waals surface area (Å²) in [6, 6.07) is 11.2. The van der Waals surface area contributed by atoms with Crippen molar-refractivity contribution in [1.29, 1.82) is 0 Å². The number of aromatic nitrogens is 1. The summed E-state index contributed by atoms with van der Waals surface area (Å²) in [6.45, 7) is 0. The topological polar surface area (TPSA) is 60.0 Å². The minimum absolute atomic E-state index is 0.210. The first kappa shape index (κ1) is 10.3. The molecule has 4 nitrogen and oxygen atoms in total. The van der Waals surface area contributed by atoms with Gasteiger partial charge in [-0.1, -0.05) is 18.2 Å². The van der Waals surface area contributed by atoms with E-state index in [1.165, 1.54) is 4.57 Å². The van der Waals surface area contributed by atoms with Gasteiger partial charge in [-0.2, -0.15) is 0 Å². The fourth-order valence-corrected chi connectivity index (χ4v) is 1.56. The van der Waals surface area contributed by atoms with Crippen molar-refractivity contribution in [1.82, 2.24) is 4.57 Å². The highest BCUT2D eigenvalue weighted by Gasteiger charge is 2.05. The number of pyridine rings is 1. The minimum Gasteiger partial charge on any atom is -0.393 e. The summed E-state index contributed by atoms with van der Waals surface area (Å²) in [6.07, 6.45) is 1.71. The molecule has 0 saturated carbocycles. The van der Waals surface area contributed by atoms with Crippen LogP contribution >= 0.6 is 0 Å². The molecule has 0 radical (unpaired) electrons. The Hall–Kier alpha value is -2.23. The standard InChI is InChI=1S/C12H13N3O/c1-14-10-7-8-15(12(16)11(10)13)9-5-3-2-4-6-9/h2-8,14H,13H2,1H3. The molecule has 0 atom stereocenters. The SMILES string of the molecule is CNc1ccn(-c2ccccc2)c(=O)c1N. The van der Waals surface area contributed by atoms with Gasteiger partial charge in [-0.25, -0.2) is 0 Å². The van der Waals surface area contributed by atoms with E-state index < -0.39 is 0 Å². The molecule has 0 amide bonds. The van der Waals surface area contributed by atoms with Gasteiger partial charge in [0, 0.05) is 18.9 Å². The lowest BCUT2D eigenvalue weighted by Crippen LogP contribution is -2.21. The number of nitrogens with one attached hydrogen (secondary N) is 1. The zero-order valence-electron chi connectivity index (χ0n) is 8.97. The molecule has 0 saturated heterocycles. The lowest BCUT2D eigenvalue weighted by molar-refractivity contribution is 0.995. The number of nitrogens with zero attached hydrogens (tertiary/aromatic N) is 1. The van der Waals surface area contributed by atoms with Crippen LogP contribution in [0.2, 0.25) is 0 Å². The number of hydrogen-bond acceptors (Lipinski definition) is 3. The molecular formula is C12H13N3O. The summed E-state index contributed by atoms with van der Waals surface area (Å²) in [7, 11) is 1.73. The molecule has 0 aliphatic rings. The van der Waals surface area contributed by atoms with Gasteiger partial charge in [0.15, 0.2) is 0 Å². The molecule has 1 aromatic heterocycles. The molecule has 2 rings (SSSR count). The van der Waals surface area contributed by atoms with Gasteiger partial charge in [-0.15, -0.1) is 0 Å². The molecule has 0 aliphatic carbocycles. The van der Waals surface area contributed by atoms with E-state index in [-0.39, 0.29) is 11.2 Å². The van der Waals surface area contributed by atoms with Crippen molar-refractivity contribution < 1.29 is 0 Å². The second-order valence-electron chi connectivity index (χ2n) is 3.40. The molecule has 0 fully saturated rings. The van der Waals surface area contributed by atoms with Crippen molar-refractivity contribution >= 4 is 11.4 Å². The average Bonchev–Trinajstić information content (AvgIpc) is 2.34. The molecule has 0 bridgehead atoms. The van der Waals surface area contributed by atoms with Crippen LogP contribution in [0.15, 0.2) is 47.4 Å². The highest BCUT2D eigenvalue weighted by molar-refractivity contribution is 5.64. The number of nitrogen functional groups attached to an aromatic ring is 1. The predicted octanol–water partition coefficient (Wildman–Crippen LogP) is 1.46. The number of rotatable bonds is 2. The van der Waals surface area contributed by atoms with Crippen molar-refractivity contribution in [3.63, 3.8) is 0 Å². The summed E-state index contributed by atoms with van der Waals surface area (Å²) in [5, 5.41) is 2.88. The van der Waals surface area contributed by atoms with Gasteiger partial charge >= 0.3 is 0 Å². The Labute approximate surface area is 93.3 Å². The molecule has 82 valence electrons. The van der Waals surface area contributed by atoms with Gasteiger partial charge in [0.2, 0.25) is 0 Å². The fourth-order valence-electron chi connectivity index (χ4n) is 1.56. The van der Waals surface area contributed by atoms with E-state index in [0.29, 0.717) is 5.69 Å². The molecule has 2 aromatic rings. The molecule has 0 spiro atoms. The summed E-state index contributed by atoms with van der Waals surface area (Å²) < 4.78 is 1.52. The Morgan fingerprint density at radius 3 is 2.50 bits per heavy atom. The Balaban J connectivity index is 2.61. The van der Waals surface area contributed by atoms with Crippen molar-refractivity contribution in [2.45, 2.75) is 0 Å². The minimum atomic E-state index is -0.210. The zero-order chi connectivity index (χ0) is 11.5. The Morgan fingerprint density at radius 2 is 1.88 bits per heavy atom. The normalized spacial score (nSPS) is 10.1. The van der Waals surface area contributed by atoms with E-state index in [9.17, 15) is 4.79 Å². The van der Waals surface area contributed by atoms with Crippen LogP contribution in [0.5, 0.6) is 0 Å². The van der Waals surface area contributed by atoms with Crippen molar-refractivity contribution in [2.75, 3.05) is 18.1 Å². The third-order valence-corrected chi connectivity index (χ3v) is 2.43. The molecule has 1 aromatic carbocycles. The first-order valence-corrected chi connectivity index (χ1v) is 4.98. The van der Waals surface area contributed by atoms with E-state index >= 15 is 0 Å². The van der Waals surface area contributed by atoms with Crippen LogP contribution in [0.3, 0.4) is 0 Å². The second kappa shape index (κ2) is 4.10. The van der Waals surface area contributed by atoms with Crippen LogP contribution in [0.25, 0.3) is 5.69 Å². The summed E-state index contributed by atoms with van der Waals surface area (Å²) >= 11 is 0. The first-order valence-electron chi connectivity index (χ1n) is 4.98. The van der Waals surface area contributed by atoms with Crippen molar-refractivity contribution in [2.24, 2.45) is 0 Å². The molecule has 1 heterocycles. The monoisotopic (exact) mass is 215 g/mol. The van der Waals surface area contributed by atoms with Crippen LogP contribution in [0.1, 0.15) is 0 Å². The van der Waals surface area contributed by atoms with Gasteiger partial charge in [-0.05, 0) is 18.2 Å². The molecule has 0 unspecified atom stereocenters. The highest BCUT2D eigenvalue weighted by atomic mass is 16.1. The largest absolute Gasteiger partial charge is 0.393 e. The second-order valence-corrected chi connectivity index (χ2v) is 3.40. The van der Waals surface area contributed by atoms with Gasteiger partial charge in [0.05, 0.1) is 5.69 Å². The van der Waals surface area contributed by atoms with Crippen LogP contribution < -0.4 is 16.6 Å². The molecular weight excluding hydrogens is 202 g/mol. The summed E-state index contributed by atoms with van der Waals surface area (Å²) in [4.78, 5) is 11.9. The molecule has 0 aliphatic heterocycles. The fraction of sp³-hybridized carbons (Fsp3) is 0.0833. The number of benzene rings is 1. The van der Waals surface area contributed by atoms with Crippen LogP contribution in [0, 0.1) is 0 Å². The Bertz CT molecular complexity index is 546. The van der Waals surface area contributed by atoms with Crippen molar-refractivity contribution in [3.05, 3.63) is 52.9 Å². The Kier molecular flexibility index (Phi) is 2.64. The van der Waals surface area contributed by atoms with Crippen LogP contribution in [-0.2, 0) is 0 Å². The summed E-state index contributed by atoms with van der Waals surface area (Å²) in [5.41, 5.74) is 7.21. The average molecular weight is 215 g/mol. The van der Waals surface area contributed by atoms with Gasteiger partial charge in [-0.3, -0.25) is 9.36 Å². The lowest BCUT2D eigenvalue weighted by Gasteiger charge is -2.09. The van der Waals surface area contributed by atoms with E-state index in [1.807, 2.05) is 30.3 Å². The number of nitrogens with two attached hydrogens (primary N) is 1. The maximum absolute atomic E-state index is 11.9. The molecule has 4 heteroatoms. The van der Waals surface area contributed by atoms with Crippen LogP contribution in [0.4, 0.5) is 11.4 Å². The van der Waals surface area contributed by atoms with Crippen LogP contribution in [-0.4, -0.2) is 11.6 Å². The number of anilines is 2. The zero-order valence-corrected chi connectivity index (χ0v) is 8.97. The van der Waals surface area contributed by atoms with Gasteiger partial charge < -0.3 is 11.1 Å². The number of hydrogen-bond donors (Lipinski definition) is 2. The maximum atomic E-state index is 11.9. The lowest BCUT2D eigenvalue weighted by atomic mass is 10.3. The third kappa shape index (κ3) is 1.65. The highest BCUT2D eigenvalue weighted by Crippen LogP contribution is 2.13. The first-order chi connectivity index (χ1) is 7.74. The van der Waals surface area contributed by atoms with E-state index in [2.05, 4.69) is 5.32 Å². The summed E-state index contributed by atoms with van der Waals surface area (Å²) in [5.74, 6) is 0. The predicted molar refractivity (Wildman–Crippen MR) is 66.0 cm³/mol. The van der Waals surface area contributed by atoms with Gasteiger partial charge in [0.25, 0.3) is 5.56 Å².